The molecule has 1 fully saturated rings. The largest absolute Gasteiger partial charge is 0.301 e. The summed E-state index contributed by atoms with van der Waals surface area (Å²) in [5.41, 5.74) is 2.05. The Bertz CT molecular complexity index is 419. The standard InChI is InChI=1S/C16H23NOS/c1-12-4-6-15(7-5-12)16(18)8-9-17-10-13(2)19-14(3)11-17/h4-7,13-14H,8-11H2,1-3H3. The van der Waals surface area contributed by atoms with E-state index in [1.807, 2.05) is 31.2 Å². The molecule has 0 spiro atoms. The monoisotopic (exact) mass is 277 g/mol. The van der Waals surface area contributed by atoms with E-state index < -0.39 is 0 Å². The molecule has 1 heterocycles. The number of hydrogen-bond donors (Lipinski definition) is 0. The molecule has 0 radical (unpaired) electrons. The summed E-state index contributed by atoms with van der Waals surface area (Å²) in [6, 6.07) is 7.90. The number of Topliss-reactive ketones (excluding diaryl/α,β-unsaturated/α-hetero) is 1. The molecule has 3 heteroatoms. The van der Waals surface area contributed by atoms with E-state index in [1.54, 1.807) is 0 Å². The molecule has 1 aliphatic rings. The van der Waals surface area contributed by atoms with Gasteiger partial charge in [0.05, 0.1) is 0 Å². The van der Waals surface area contributed by atoms with Gasteiger partial charge in [0.1, 0.15) is 0 Å². The van der Waals surface area contributed by atoms with Crippen molar-refractivity contribution in [2.45, 2.75) is 37.7 Å². The lowest BCUT2D eigenvalue weighted by atomic mass is 10.1. The van der Waals surface area contributed by atoms with E-state index in [4.69, 9.17) is 0 Å². The maximum Gasteiger partial charge on any atom is 0.164 e. The minimum atomic E-state index is 0.263. The molecule has 104 valence electrons. The zero-order chi connectivity index (χ0) is 13.8. The summed E-state index contributed by atoms with van der Waals surface area (Å²) >= 11 is 2.05. The average molecular weight is 277 g/mol. The predicted octanol–water partition coefficient (Wildman–Crippen LogP) is 3.39. The van der Waals surface area contributed by atoms with Crippen molar-refractivity contribution in [1.82, 2.24) is 4.90 Å². The molecule has 1 aromatic carbocycles. The van der Waals surface area contributed by atoms with Crippen molar-refractivity contribution >= 4 is 17.5 Å². The second-order valence-electron chi connectivity index (χ2n) is 5.56. The van der Waals surface area contributed by atoms with Gasteiger partial charge in [0.15, 0.2) is 5.78 Å². The number of carbonyl (C=O) groups is 1. The molecular formula is C16H23NOS. The highest BCUT2D eigenvalue weighted by atomic mass is 32.2. The van der Waals surface area contributed by atoms with Gasteiger partial charge >= 0.3 is 0 Å². The first-order chi connectivity index (χ1) is 9.04. The zero-order valence-electron chi connectivity index (χ0n) is 12.1. The Morgan fingerprint density at radius 2 is 1.79 bits per heavy atom. The van der Waals surface area contributed by atoms with Gasteiger partial charge < -0.3 is 4.90 Å². The van der Waals surface area contributed by atoms with Gasteiger partial charge in [0.25, 0.3) is 0 Å². The fourth-order valence-electron chi connectivity index (χ4n) is 2.61. The Morgan fingerprint density at radius 1 is 1.21 bits per heavy atom. The third-order valence-electron chi connectivity index (χ3n) is 3.52. The summed E-state index contributed by atoms with van der Waals surface area (Å²) in [4.78, 5) is 14.6. The van der Waals surface area contributed by atoms with Gasteiger partial charge in [-0.05, 0) is 6.92 Å². The van der Waals surface area contributed by atoms with E-state index in [0.29, 0.717) is 16.9 Å². The lowest BCUT2D eigenvalue weighted by molar-refractivity contribution is 0.0963. The van der Waals surface area contributed by atoms with Crippen molar-refractivity contribution < 1.29 is 4.79 Å². The zero-order valence-corrected chi connectivity index (χ0v) is 12.9. The molecule has 1 aromatic rings. The van der Waals surface area contributed by atoms with E-state index in [9.17, 15) is 4.79 Å². The summed E-state index contributed by atoms with van der Waals surface area (Å²) in [6.45, 7) is 9.70. The lowest BCUT2D eigenvalue weighted by Gasteiger charge is -2.34. The van der Waals surface area contributed by atoms with Crippen LogP contribution in [-0.4, -0.2) is 40.8 Å². The Labute approximate surface area is 120 Å². The fraction of sp³-hybridized carbons (Fsp3) is 0.562. The highest BCUT2D eigenvalue weighted by Crippen LogP contribution is 2.24. The van der Waals surface area contributed by atoms with Gasteiger partial charge in [-0.3, -0.25) is 4.79 Å². The smallest absolute Gasteiger partial charge is 0.164 e. The van der Waals surface area contributed by atoms with Crippen molar-refractivity contribution in [2.75, 3.05) is 19.6 Å². The van der Waals surface area contributed by atoms with Gasteiger partial charge in [-0.1, -0.05) is 43.7 Å². The topological polar surface area (TPSA) is 20.3 Å². The Kier molecular flexibility index (Phi) is 5.06. The number of rotatable bonds is 4. The van der Waals surface area contributed by atoms with Crippen LogP contribution < -0.4 is 0 Å². The second kappa shape index (κ2) is 6.58. The van der Waals surface area contributed by atoms with Crippen LogP contribution in [0.4, 0.5) is 0 Å². The molecule has 19 heavy (non-hydrogen) atoms. The van der Waals surface area contributed by atoms with Crippen LogP contribution in [-0.2, 0) is 0 Å². The summed E-state index contributed by atoms with van der Waals surface area (Å²) in [6.07, 6.45) is 0.632. The van der Waals surface area contributed by atoms with Gasteiger partial charge in [-0.25, -0.2) is 0 Å². The van der Waals surface area contributed by atoms with Crippen LogP contribution >= 0.6 is 11.8 Å². The summed E-state index contributed by atoms with van der Waals surface area (Å²) < 4.78 is 0. The highest BCUT2D eigenvalue weighted by Gasteiger charge is 2.22. The first-order valence-corrected chi connectivity index (χ1v) is 7.96. The van der Waals surface area contributed by atoms with Gasteiger partial charge in [0.2, 0.25) is 0 Å². The van der Waals surface area contributed by atoms with Crippen molar-refractivity contribution in [1.29, 1.82) is 0 Å². The minimum Gasteiger partial charge on any atom is -0.301 e. The third-order valence-corrected chi connectivity index (χ3v) is 4.75. The number of benzene rings is 1. The van der Waals surface area contributed by atoms with Gasteiger partial charge in [-0.2, -0.15) is 11.8 Å². The first kappa shape index (κ1) is 14.6. The first-order valence-electron chi connectivity index (χ1n) is 7.02. The number of thioether (sulfide) groups is 1. The molecule has 2 nitrogen and oxygen atoms in total. The molecule has 0 bridgehead atoms. The predicted molar refractivity (Wildman–Crippen MR) is 83.1 cm³/mol. The maximum atomic E-state index is 12.1. The van der Waals surface area contributed by atoms with Crippen molar-refractivity contribution in [3.8, 4) is 0 Å². The summed E-state index contributed by atoms with van der Waals surface area (Å²) in [5, 5.41) is 1.36. The number of aryl methyl sites for hydroxylation is 1. The molecule has 2 atom stereocenters. The van der Waals surface area contributed by atoms with Crippen molar-refractivity contribution in [3.05, 3.63) is 35.4 Å². The quantitative estimate of drug-likeness (QED) is 0.787. The van der Waals surface area contributed by atoms with Crippen LogP contribution in [0.25, 0.3) is 0 Å². The number of hydrogen-bond acceptors (Lipinski definition) is 3. The number of carbonyl (C=O) groups excluding carboxylic acids is 1. The van der Waals surface area contributed by atoms with Crippen LogP contribution in [0.5, 0.6) is 0 Å². The lowest BCUT2D eigenvalue weighted by Crippen LogP contribution is -2.41. The van der Waals surface area contributed by atoms with Crippen LogP contribution in [0, 0.1) is 6.92 Å². The summed E-state index contributed by atoms with van der Waals surface area (Å²) in [5.74, 6) is 0.263. The van der Waals surface area contributed by atoms with E-state index in [0.717, 1.165) is 25.2 Å². The molecule has 1 aliphatic heterocycles. The molecule has 0 aliphatic carbocycles. The SMILES string of the molecule is Cc1ccc(C(=O)CCN2CC(C)SC(C)C2)cc1. The average Bonchev–Trinajstić information content (AvgIpc) is 2.36. The fourth-order valence-corrected chi connectivity index (χ4v) is 4.00. The van der Waals surface area contributed by atoms with E-state index >= 15 is 0 Å². The molecular weight excluding hydrogens is 254 g/mol. The van der Waals surface area contributed by atoms with Gasteiger partial charge in [-0.15, -0.1) is 0 Å². The van der Waals surface area contributed by atoms with Crippen LogP contribution in [0.2, 0.25) is 0 Å². The molecule has 0 N–H and O–H groups in total. The highest BCUT2D eigenvalue weighted by molar-refractivity contribution is 8.00. The second-order valence-corrected chi connectivity index (χ2v) is 7.44. The van der Waals surface area contributed by atoms with Crippen LogP contribution in [0.1, 0.15) is 36.2 Å². The summed E-state index contributed by atoms with van der Waals surface area (Å²) in [7, 11) is 0. The maximum absolute atomic E-state index is 12.1. The molecule has 0 aromatic heterocycles. The normalized spacial score (nSPS) is 24.4. The Balaban J connectivity index is 1.84. The molecule has 0 amide bonds. The van der Waals surface area contributed by atoms with E-state index in [2.05, 4.69) is 30.5 Å². The molecule has 0 saturated carbocycles. The van der Waals surface area contributed by atoms with E-state index in [1.165, 1.54) is 5.56 Å². The van der Waals surface area contributed by atoms with Crippen molar-refractivity contribution in [2.24, 2.45) is 0 Å². The molecule has 1 saturated heterocycles. The van der Waals surface area contributed by atoms with Gasteiger partial charge in [0, 0.05) is 42.1 Å². The molecule has 2 unspecified atom stereocenters. The number of ketones is 1. The molecule has 2 rings (SSSR count). The van der Waals surface area contributed by atoms with E-state index in [-0.39, 0.29) is 5.78 Å². The van der Waals surface area contributed by atoms with Crippen LogP contribution in [0.15, 0.2) is 24.3 Å². The third kappa shape index (κ3) is 4.36. The Morgan fingerprint density at radius 3 is 2.37 bits per heavy atom. The number of nitrogens with zero attached hydrogens (tertiary/aromatic N) is 1. The minimum absolute atomic E-state index is 0.263. The van der Waals surface area contributed by atoms with Crippen LogP contribution in [0.3, 0.4) is 0 Å². The van der Waals surface area contributed by atoms with Crippen molar-refractivity contribution in [3.63, 3.8) is 0 Å². The Hall–Kier alpha value is -0.800.